The lowest BCUT2D eigenvalue weighted by molar-refractivity contribution is -0.119. The second kappa shape index (κ2) is 5.67. The Morgan fingerprint density at radius 2 is 1.94 bits per heavy atom. The average molecular weight is 250 g/mol. The van der Waals surface area contributed by atoms with E-state index in [2.05, 4.69) is 10.5 Å². The van der Waals surface area contributed by atoms with Crippen LogP contribution in [0.5, 0.6) is 0 Å². The molecule has 1 atom stereocenters. The van der Waals surface area contributed by atoms with Crippen LogP contribution in [-0.2, 0) is 4.79 Å². The minimum absolute atomic E-state index is 0.104. The van der Waals surface area contributed by atoms with E-state index >= 15 is 0 Å². The van der Waals surface area contributed by atoms with Gasteiger partial charge in [0.05, 0.1) is 0 Å². The first kappa shape index (κ1) is 13.5. The Bertz CT molecular complexity index is 499. The van der Waals surface area contributed by atoms with Crippen LogP contribution in [0.15, 0.2) is 29.4 Å². The van der Waals surface area contributed by atoms with Crippen molar-refractivity contribution in [3.8, 4) is 0 Å². The minimum Gasteiger partial charge on any atom is -0.409 e. The highest BCUT2D eigenvalue weighted by Crippen LogP contribution is 2.05. The van der Waals surface area contributed by atoms with Crippen LogP contribution in [0, 0.1) is 0 Å². The lowest BCUT2D eigenvalue weighted by Gasteiger charge is -2.10. The van der Waals surface area contributed by atoms with Gasteiger partial charge in [-0.25, -0.2) is 0 Å². The second-order valence-corrected chi connectivity index (χ2v) is 3.66. The van der Waals surface area contributed by atoms with Gasteiger partial charge in [0.2, 0.25) is 5.91 Å². The molecule has 0 aliphatic carbocycles. The molecule has 1 aromatic rings. The summed E-state index contributed by atoms with van der Waals surface area (Å²) < 4.78 is 0. The normalized spacial score (nSPS) is 12.8. The van der Waals surface area contributed by atoms with Gasteiger partial charge in [-0.05, 0) is 19.1 Å². The number of carbonyl (C=O) groups excluding carboxylic acids is 2. The van der Waals surface area contributed by atoms with Crippen molar-refractivity contribution in [3.05, 3.63) is 35.4 Å². The Kier molecular flexibility index (Phi) is 4.25. The summed E-state index contributed by atoms with van der Waals surface area (Å²) in [5, 5.41) is 13.8. The molecule has 1 unspecified atom stereocenters. The number of benzene rings is 1. The summed E-state index contributed by atoms with van der Waals surface area (Å²) in [6.07, 6.45) is 0. The van der Waals surface area contributed by atoms with Crippen molar-refractivity contribution in [3.63, 3.8) is 0 Å². The molecule has 1 aromatic carbocycles. The van der Waals surface area contributed by atoms with Gasteiger partial charge in [0, 0.05) is 11.1 Å². The standard InChI is InChI=1S/C11H14N4O3/c1-6(10(13)16)14-11(17)8-4-2-3-7(5-8)9(12)15-18/h2-6,18H,1H3,(H2,12,15)(H2,13,16)(H,14,17). The molecule has 6 N–H and O–H groups in total. The maximum absolute atomic E-state index is 11.8. The summed E-state index contributed by atoms with van der Waals surface area (Å²) in [6, 6.07) is 5.38. The highest BCUT2D eigenvalue weighted by Gasteiger charge is 2.14. The van der Waals surface area contributed by atoms with E-state index in [1.165, 1.54) is 19.1 Å². The molecular weight excluding hydrogens is 236 g/mol. The van der Waals surface area contributed by atoms with Gasteiger partial charge in [0.25, 0.3) is 5.91 Å². The highest BCUT2D eigenvalue weighted by molar-refractivity contribution is 6.02. The third-order valence-corrected chi connectivity index (χ3v) is 2.30. The topological polar surface area (TPSA) is 131 Å². The van der Waals surface area contributed by atoms with Gasteiger partial charge in [-0.1, -0.05) is 17.3 Å². The first-order chi connectivity index (χ1) is 8.45. The number of hydrogen-bond donors (Lipinski definition) is 4. The first-order valence-electron chi connectivity index (χ1n) is 5.14. The molecule has 0 bridgehead atoms. The van der Waals surface area contributed by atoms with Crippen LogP contribution in [0.4, 0.5) is 0 Å². The summed E-state index contributed by atoms with van der Waals surface area (Å²) in [6.45, 7) is 1.48. The molecule has 0 saturated heterocycles. The largest absolute Gasteiger partial charge is 0.409 e. The summed E-state index contributed by atoms with van der Waals surface area (Å²) >= 11 is 0. The van der Waals surface area contributed by atoms with Gasteiger partial charge in [-0.3, -0.25) is 9.59 Å². The summed E-state index contributed by atoms with van der Waals surface area (Å²) in [5.41, 5.74) is 11.1. The number of rotatable bonds is 4. The summed E-state index contributed by atoms with van der Waals surface area (Å²) in [5.74, 6) is -1.20. The Hall–Kier alpha value is -2.57. The van der Waals surface area contributed by atoms with Crippen LogP contribution in [0.25, 0.3) is 0 Å². The molecular formula is C11H14N4O3. The molecule has 0 radical (unpaired) electrons. The number of oxime groups is 1. The lowest BCUT2D eigenvalue weighted by Crippen LogP contribution is -2.42. The third kappa shape index (κ3) is 3.21. The number of nitrogens with zero attached hydrogens (tertiary/aromatic N) is 1. The van der Waals surface area contributed by atoms with Crippen molar-refractivity contribution in [1.82, 2.24) is 5.32 Å². The van der Waals surface area contributed by atoms with Crippen molar-refractivity contribution in [1.29, 1.82) is 0 Å². The van der Waals surface area contributed by atoms with E-state index in [1.54, 1.807) is 12.1 Å². The first-order valence-corrected chi connectivity index (χ1v) is 5.14. The Morgan fingerprint density at radius 1 is 1.33 bits per heavy atom. The number of nitrogens with two attached hydrogens (primary N) is 2. The molecule has 0 aromatic heterocycles. The van der Waals surface area contributed by atoms with Crippen LogP contribution in [0.3, 0.4) is 0 Å². The molecule has 0 aliphatic rings. The number of primary amides is 1. The lowest BCUT2D eigenvalue weighted by atomic mass is 10.1. The molecule has 7 heteroatoms. The van der Waals surface area contributed by atoms with E-state index in [0.717, 1.165) is 0 Å². The number of nitrogens with one attached hydrogen (secondary N) is 1. The quantitative estimate of drug-likeness (QED) is 0.245. The van der Waals surface area contributed by atoms with Crippen molar-refractivity contribution >= 4 is 17.6 Å². The van der Waals surface area contributed by atoms with E-state index in [0.29, 0.717) is 5.56 Å². The third-order valence-electron chi connectivity index (χ3n) is 2.30. The predicted molar refractivity (Wildman–Crippen MR) is 65.1 cm³/mol. The molecule has 2 amide bonds. The van der Waals surface area contributed by atoms with Gasteiger partial charge in [-0.15, -0.1) is 0 Å². The van der Waals surface area contributed by atoms with E-state index in [1.807, 2.05) is 0 Å². The number of carbonyl (C=O) groups is 2. The number of hydrogen-bond acceptors (Lipinski definition) is 4. The van der Waals surface area contributed by atoms with Crippen LogP contribution in [0.2, 0.25) is 0 Å². The number of amidine groups is 1. The monoisotopic (exact) mass is 250 g/mol. The van der Waals surface area contributed by atoms with Crippen molar-refractivity contribution < 1.29 is 14.8 Å². The fraction of sp³-hybridized carbons (Fsp3) is 0.182. The Balaban J connectivity index is 2.90. The predicted octanol–water partition coefficient (Wildman–Crippen LogP) is -0.615. The summed E-state index contributed by atoms with van der Waals surface area (Å²) in [4.78, 5) is 22.6. The van der Waals surface area contributed by atoms with E-state index in [-0.39, 0.29) is 11.4 Å². The van der Waals surface area contributed by atoms with Crippen molar-refractivity contribution in [2.75, 3.05) is 0 Å². The molecule has 0 fully saturated rings. The molecule has 18 heavy (non-hydrogen) atoms. The van der Waals surface area contributed by atoms with Crippen molar-refractivity contribution in [2.45, 2.75) is 13.0 Å². The Labute approximate surface area is 103 Å². The molecule has 7 nitrogen and oxygen atoms in total. The summed E-state index contributed by atoms with van der Waals surface area (Å²) in [7, 11) is 0. The molecule has 0 aliphatic heterocycles. The second-order valence-electron chi connectivity index (χ2n) is 3.66. The fourth-order valence-corrected chi connectivity index (χ4v) is 1.23. The molecule has 1 rings (SSSR count). The van der Waals surface area contributed by atoms with Crippen LogP contribution < -0.4 is 16.8 Å². The smallest absolute Gasteiger partial charge is 0.251 e. The van der Waals surface area contributed by atoms with Crippen LogP contribution in [-0.4, -0.2) is 28.9 Å². The van der Waals surface area contributed by atoms with Gasteiger partial charge >= 0.3 is 0 Å². The van der Waals surface area contributed by atoms with E-state index < -0.39 is 17.9 Å². The maximum atomic E-state index is 11.8. The SMILES string of the molecule is CC(NC(=O)c1cccc(/C(N)=N/O)c1)C(N)=O. The average Bonchev–Trinajstić information content (AvgIpc) is 2.37. The van der Waals surface area contributed by atoms with E-state index in [4.69, 9.17) is 16.7 Å². The molecule has 0 spiro atoms. The zero-order chi connectivity index (χ0) is 13.7. The van der Waals surface area contributed by atoms with Gasteiger partial charge < -0.3 is 22.0 Å². The maximum Gasteiger partial charge on any atom is 0.251 e. The van der Waals surface area contributed by atoms with Crippen molar-refractivity contribution in [2.24, 2.45) is 16.6 Å². The molecule has 0 heterocycles. The van der Waals surface area contributed by atoms with Gasteiger partial charge in [0.15, 0.2) is 5.84 Å². The highest BCUT2D eigenvalue weighted by atomic mass is 16.4. The minimum atomic E-state index is -0.773. The van der Waals surface area contributed by atoms with Gasteiger partial charge in [-0.2, -0.15) is 0 Å². The Morgan fingerprint density at radius 3 is 2.50 bits per heavy atom. The van der Waals surface area contributed by atoms with Gasteiger partial charge in [0.1, 0.15) is 6.04 Å². The number of amides is 2. The van der Waals surface area contributed by atoms with E-state index in [9.17, 15) is 9.59 Å². The molecule has 0 saturated carbocycles. The fourth-order valence-electron chi connectivity index (χ4n) is 1.23. The molecule has 96 valence electrons. The van der Waals surface area contributed by atoms with Crippen LogP contribution in [0.1, 0.15) is 22.8 Å². The zero-order valence-corrected chi connectivity index (χ0v) is 9.75. The zero-order valence-electron chi connectivity index (χ0n) is 9.75. The van der Waals surface area contributed by atoms with Crippen LogP contribution >= 0.6 is 0 Å².